The topological polar surface area (TPSA) is 29.9 Å². The van der Waals surface area contributed by atoms with Gasteiger partial charge in [-0.15, -0.1) is 0 Å². The summed E-state index contributed by atoms with van der Waals surface area (Å²) in [6, 6.07) is 2.64. The van der Waals surface area contributed by atoms with Gasteiger partial charge in [-0.2, -0.15) is 5.10 Å². The van der Waals surface area contributed by atoms with E-state index >= 15 is 0 Å². The minimum absolute atomic E-state index is 0.586. The van der Waals surface area contributed by atoms with Crippen LogP contribution < -0.4 is 5.32 Å². The van der Waals surface area contributed by atoms with E-state index in [1.165, 1.54) is 31.5 Å². The van der Waals surface area contributed by atoms with Crippen molar-refractivity contribution < 1.29 is 0 Å². The van der Waals surface area contributed by atoms with Gasteiger partial charge in [0.25, 0.3) is 0 Å². The molecule has 1 aliphatic carbocycles. The fourth-order valence-electron chi connectivity index (χ4n) is 3.19. The molecule has 2 heterocycles. The van der Waals surface area contributed by atoms with E-state index in [0.717, 1.165) is 11.8 Å². The molecule has 86 valence electrons. The zero-order valence-electron chi connectivity index (χ0n) is 9.76. The van der Waals surface area contributed by atoms with Crippen molar-refractivity contribution in [2.24, 2.45) is 18.9 Å². The average Bonchev–Trinajstić information content (AvgIpc) is 2.92. The standard InChI is InChI=1S/C13H19N3/c1-16-11(7-8-15-16)5-6-13-12-4-2-3-10(12)9-14-13/h5-8,10,12-14H,2-4,9H2,1H3/b6-5+. The minimum Gasteiger partial charge on any atom is -0.310 e. The van der Waals surface area contributed by atoms with Crippen LogP contribution in [0.15, 0.2) is 18.3 Å². The number of fused-ring (bicyclic) bond motifs is 1. The quantitative estimate of drug-likeness (QED) is 0.819. The van der Waals surface area contributed by atoms with Crippen molar-refractivity contribution in [2.75, 3.05) is 6.54 Å². The highest BCUT2D eigenvalue weighted by Crippen LogP contribution is 2.38. The number of aryl methyl sites for hydroxylation is 1. The molecular weight excluding hydrogens is 198 g/mol. The van der Waals surface area contributed by atoms with E-state index in [-0.39, 0.29) is 0 Å². The second-order valence-electron chi connectivity index (χ2n) is 5.03. The number of hydrogen-bond donors (Lipinski definition) is 1. The van der Waals surface area contributed by atoms with Gasteiger partial charge in [0.1, 0.15) is 0 Å². The highest BCUT2D eigenvalue weighted by atomic mass is 15.2. The zero-order valence-corrected chi connectivity index (χ0v) is 9.76. The molecule has 1 saturated heterocycles. The molecule has 0 amide bonds. The summed E-state index contributed by atoms with van der Waals surface area (Å²) >= 11 is 0. The van der Waals surface area contributed by atoms with Crippen molar-refractivity contribution in [1.29, 1.82) is 0 Å². The Balaban J connectivity index is 1.71. The summed E-state index contributed by atoms with van der Waals surface area (Å²) < 4.78 is 1.91. The molecule has 1 aromatic rings. The fraction of sp³-hybridized carbons (Fsp3) is 0.615. The SMILES string of the molecule is Cn1nccc1/C=C/C1NCC2CCCC21. The van der Waals surface area contributed by atoms with Gasteiger partial charge < -0.3 is 5.32 Å². The van der Waals surface area contributed by atoms with Crippen LogP contribution in [0.2, 0.25) is 0 Å². The summed E-state index contributed by atoms with van der Waals surface area (Å²) in [7, 11) is 1.99. The lowest BCUT2D eigenvalue weighted by Gasteiger charge is -2.13. The van der Waals surface area contributed by atoms with Crippen LogP contribution in [0.3, 0.4) is 0 Å². The molecule has 2 fully saturated rings. The predicted octanol–water partition coefficient (Wildman–Crippen LogP) is 1.82. The van der Waals surface area contributed by atoms with E-state index in [1.54, 1.807) is 0 Å². The highest BCUT2D eigenvalue weighted by Gasteiger charge is 2.37. The number of nitrogens with one attached hydrogen (secondary N) is 1. The molecule has 3 unspecified atom stereocenters. The van der Waals surface area contributed by atoms with Gasteiger partial charge in [0.15, 0.2) is 0 Å². The molecule has 2 aliphatic rings. The summed E-state index contributed by atoms with van der Waals surface area (Å²) in [5, 5.41) is 7.80. The van der Waals surface area contributed by atoms with E-state index in [0.29, 0.717) is 6.04 Å². The molecule has 3 heteroatoms. The second-order valence-corrected chi connectivity index (χ2v) is 5.03. The summed E-state index contributed by atoms with van der Waals surface area (Å²) in [5.41, 5.74) is 1.18. The Labute approximate surface area is 96.5 Å². The Morgan fingerprint density at radius 2 is 2.44 bits per heavy atom. The Morgan fingerprint density at radius 1 is 1.50 bits per heavy atom. The number of nitrogens with zero attached hydrogens (tertiary/aromatic N) is 2. The van der Waals surface area contributed by atoms with E-state index in [4.69, 9.17) is 0 Å². The number of rotatable bonds is 2. The minimum atomic E-state index is 0.586. The molecule has 0 spiro atoms. The van der Waals surface area contributed by atoms with Crippen LogP contribution >= 0.6 is 0 Å². The smallest absolute Gasteiger partial charge is 0.0603 e. The zero-order chi connectivity index (χ0) is 11.0. The van der Waals surface area contributed by atoms with Crippen LogP contribution in [0.5, 0.6) is 0 Å². The van der Waals surface area contributed by atoms with Crippen molar-refractivity contribution >= 4 is 6.08 Å². The monoisotopic (exact) mass is 217 g/mol. The molecule has 3 rings (SSSR count). The molecular formula is C13H19N3. The van der Waals surface area contributed by atoms with Crippen molar-refractivity contribution in [3.8, 4) is 0 Å². The van der Waals surface area contributed by atoms with Crippen LogP contribution in [0, 0.1) is 11.8 Å². The first-order chi connectivity index (χ1) is 7.84. The molecule has 3 nitrogen and oxygen atoms in total. The third kappa shape index (κ3) is 1.69. The molecule has 0 bridgehead atoms. The molecule has 3 atom stereocenters. The first kappa shape index (κ1) is 10.1. The van der Waals surface area contributed by atoms with Crippen molar-refractivity contribution in [3.05, 3.63) is 24.0 Å². The van der Waals surface area contributed by atoms with Gasteiger partial charge in [-0.25, -0.2) is 0 Å². The lowest BCUT2D eigenvalue weighted by molar-refractivity contribution is 0.456. The average molecular weight is 217 g/mol. The maximum Gasteiger partial charge on any atom is 0.0603 e. The first-order valence-corrected chi connectivity index (χ1v) is 6.24. The van der Waals surface area contributed by atoms with Crippen LogP contribution in [0.25, 0.3) is 6.08 Å². The lowest BCUT2D eigenvalue weighted by Crippen LogP contribution is -2.23. The third-order valence-electron chi connectivity index (χ3n) is 4.13. The Kier molecular flexibility index (Phi) is 2.56. The molecule has 1 aliphatic heterocycles. The summed E-state index contributed by atoms with van der Waals surface area (Å²) in [5.74, 6) is 1.81. The van der Waals surface area contributed by atoms with E-state index in [1.807, 2.05) is 17.9 Å². The van der Waals surface area contributed by atoms with Crippen molar-refractivity contribution in [1.82, 2.24) is 15.1 Å². The van der Waals surface area contributed by atoms with Gasteiger partial charge in [0.05, 0.1) is 5.69 Å². The Bertz CT molecular complexity index is 394. The lowest BCUT2D eigenvalue weighted by atomic mass is 9.94. The summed E-state index contributed by atoms with van der Waals surface area (Å²) in [6.07, 6.45) is 10.6. The largest absolute Gasteiger partial charge is 0.310 e. The summed E-state index contributed by atoms with van der Waals surface area (Å²) in [4.78, 5) is 0. The predicted molar refractivity (Wildman–Crippen MR) is 64.9 cm³/mol. The summed E-state index contributed by atoms with van der Waals surface area (Å²) in [6.45, 7) is 1.21. The van der Waals surface area contributed by atoms with E-state index in [2.05, 4.69) is 28.6 Å². The van der Waals surface area contributed by atoms with Crippen LogP contribution in [0.1, 0.15) is 25.0 Å². The van der Waals surface area contributed by atoms with Gasteiger partial charge in [-0.05, 0) is 43.4 Å². The van der Waals surface area contributed by atoms with Gasteiger partial charge in [0.2, 0.25) is 0 Å². The van der Waals surface area contributed by atoms with Crippen LogP contribution in [-0.2, 0) is 7.05 Å². The maximum atomic E-state index is 4.17. The molecule has 0 aromatic carbocycles. The van der Waals surface area contributed by atoms with Crippen LogP contribution in [0.4, 0.5) is 0 Å². The fourth-order valence-corrected chi connectivity index (χ4v) is 3.19. The van der Waals surface area contributed by atoms with Gasteiger partial charge in [-0.3, -0.25) is 4.68 Å². The molecule has 1 saturated carbocycles. The first-order valence-electron chi connectivity index (χ1n) is 6.24. The van der Waals surface area contributed by atoms with Crippen molar-refractivity contribution in [2.45, 2.75) is 25.3 Å². The Hall–Kier alpha value is -1.09. The maximum absolute atomic E-state index is 4.17. The Morgan fingerprint density at radius 3 is 3.25 bits per heavy atom. The normalized spacial score (nSPS) is 33.7. The molecule has 1 aromatic heterocycles. The third-order valence-corrected chi connectivity index (χ3v) is 4.13. The van der Waals surface area contributed by atoms with Gasteiger partial charge in [-0.1, -0.05) is 12.5 Å². The molecule has 0 radical (unpaired) electrons. The van der Waals surface area contributed by atoms with Crippen molar-refractivity contribution in [3.63, 3.8) is 0 Å². The number of aromatic nitrogens is 2. The molecule has 16 heavy (non-hydrogen) atoms. The van der Waals surface area contributed by atoms with E-state index < -0.39 is 0 Å². The van der Waals surface area contributed by atoms with E-state index in [9.17, 15) is 0 Å². The second kappa shape index (κ2) is 4.06. The van der Waals surface area contributed by atoms with Gasteiger partial charge in [0, 0.05) is 19.3 Å². The molecule has 1 N–H and O–H groups in total. The highest BCUT2D eigenvalue weighted by molar-refractivity contribution is 5.45. The number of hydrogen-bond acceptors (Lipinski definition) is 2. The van der Waals surface area contributed by atoms with Gasteiger partial charge >= 0.3 is 0 Å². The van der Waals surface area contributed by atoms with Crippen LogP contribution in [-0.4, -0.2) is 22.4 Å².